The monoisotopic (exact) mass is 348 g/mol. The normalized spacial score (nSPS) is 9.89. The molecule has 1 N–H and O–H groups in total. The summed E-state index contributed by atoms with van der Waals surface area (Å²) < 4.78 is 1.18. The molecule has 1 aromatic rings. The Morgan fingerprint density at radius 1 is 1.67 bits per heavy atom. The van der Waals surface area contributed by atoms with Crippen molar-refractivity contribution in [2.45, 2.75) is 0 Å². The number of halogens is 2. The van der Waals surface area contributed by atoms with Crippen molar-refractivity contribution in [3.05, 3.63) is 32.3 Å². The van der Waals surface area contributed by atoms with Crippen LogP contribution in [0.15, 0.2) is 23.1 Å². The van der Waals surface area contributed by atoms with Gasteiger partial charge in [0.15, 0.2) is 0 Å². The van der Waals surface area contributed by atoms with Gasteiger partial charge in [0.25, 0.3) is 0 Å². The van der Waals surface area contributed by atoms with Gasteiger partial charge in [0.2, 0.25) is 0 Å². The number of nitrogens with one attached hydrogen (secondary N) is 1. The molecule has 0 aromatic carbocycles. The fourth-order valence-electron chi connectivity index (χ4n) is 0.463. The Hall–Kier alpha value is 0.410. The molecule has 1 aromatic heterocycles. The van der Waals surface area contributed by atoms with Crippen LogP contribution in [0.25, 0.3) is 0 Å². The molecule has 0 aliphatic carbocycles. The van der Waals surface area contributed by atoms with E-state index in [-0.39, 0.29) is 22.8 Å². The van der Waals surface area contributed by atoms with Crippen molar-refractivity contribution in [1.29, 1.82) is 0 Å². The number of aromatic nitrogens is 1. The Morgan fingerprint density at radius 2 is 2.44 bits per heavy atom. The molecule has 2 nitrogen and oxygen atoms in total. The molecule has 0 saturated carbocycles. The summed E-state index contributed by atoms with van der Waals surface area (Å²) in [7, 11) is 0. The van der Waals surface area contributed by atoms with Crippen molar-refractivity contribution < 1.29 is 17.2 Å². The average molecular weight is 348 g/mol. The summed E-state index contributed by atoms with van der Waals surface area (Å²) in [6.07, 6.45) is 1.69. The summed E-state index contributed by atoms with van der Waals surface area (Å²) in [5.74, 6) is 0. The third kappa shape index (κ3) is 2.24. The predicted octanol–water partition coefficient (Wildman–Crippen LogP) is -2.02. The summed E-state index contributed by atoms with van der Waals surface area (Å²) in [6, 6.07) is 3.60. The molecule has 50 valence electrons. The Labute approximate surface area is 72.5 Å². The third-order valence-corrected chi connectivity index (χ3v) is 5.12. The van der Waals surface area contributed by atoms with Crippen LogP contribution in [0.1, 0.15) is 0 Å². The molecule has 0 radical (unpaired) electrons. The standard InChI is InChI=1S/C5H4I2NO/c6-7-4-1-2-8-5(9)3-4/h1-3H,(H,8,9)/q-1. The zero-order chi connectivity index (χ0) is 6.69. The zero-order valence-electron chi connectivity index (χ0n) is 4.40. The summed E-state index contributed by atoms with van der Waals surface area (Å²) in [5.41, 5.74) is 0.00358. The summed E-state index contributed by atoms with van der Waals surface area (Å²) in [6.45, 7) is 0. The molecule has 0 bridgehead atoms. The maximum atomic E-state index is 10.6. The van der Waals surface area contributed by atoms with Gasteiger partial charge in [0, 0.05) is 0 Å². The molecule has 0 fully saturated rings. The summed E-state index contributed by atoms with van der Waals surface area (Å²) >= 11 is 2.37. The number of hydrogen-bond acceptors (Lipinski definition) is 1. The molecule has 0 unspecified atom stereocenters. The fourth-order valence-corrected chi connectivity index (χ4v) is 2.88. The molecule has 9 heavy (non-hydrogen) atoms. The minimum absolute atomic E-state index is 0.00358. The van der Waals surface area contributed by atoms with Crippen LogP contribution in [-0.2, 0) is 0 Å². The number of H-pyrrole nitrogens is 1. The molecule has 0 saturated heterocycles. The number of hydrogen-bond donors (Lipinski definition) is 1. The first kappa shape index (κ1) is 7.52. The third-order valence-electron chi connectivity index (χ3n) is 0.820. The Bertz CT molecular complexity index is 245. The van der Waals surface area contributed by atoms with Crippen molar-refractivity contribution in [1.82, 2.24) is 4.98 Å². The Kier molecular flexibility index (Phi) is 2.96. The van der Waals surface area contributed by atoms with E-state index in [1.165, 1.54) is 3.57 Å². The molecule has 0 amide bonds. The van der Waals surface area contributed by atoms with Crippen LogP contribution in [0.2, 0.25) is 0 Å². The van der Waals surface area contributed by atoms with Crippen LogP contribution in [0, 0.1) is 3.57 Å². The zero-order valence-corrected chi connectivity index (χ0v) is 8.71. The summed E-state index contributed by atoms with van der Waals surface area (Å²) in [5, 5.41) is 0. The van der Waals surface area contributed by atoms with Gasteiger partial charge in [-0.2, -0.15) is 0 Å². The topological polar surface area (TPSA) is 32.9 Å². The fraction of sp³-hybridized carbons (Fsp3) is 0. The van der Waals surface area contributed by atoms with Crippen LogP contribution in [-0.4, -0.2) is 4.98 Å². The van der Waals surface area contributed by atoms with E-state index in [9.17, 15) is 4.79 Å². The number of aromatic amines is 1. The average Bonchev–Trinajstić information content (AvgIpc) is 1.88. The molecular weight excluding hydrogens is 344 g/mol. The molecule has 0 aliphatic rings. The van der Waals surface area contributed by atoms with Gasteiger partial charge in [-0.1, -0.05) is 0 Å². The number of rotatable bonds is 1. The van der Waals surface area contributed by atoms with Crippen molar-refractivity contribution in [2.75, 3.05) is 0 Å². The minimum atomic E-state index is 0.00358. The van der Waals surface area contributed by atoms with E-state index in [2.05, 4.69) is 23.6 Å². The van der Waals surface area contributed by atoms with Gasteiger partial charge in [-0.25, -0.2) is 0 Å². The van der Waals surface area contributed by atoms with Gasteiger partial charge in [-0.05, 0) is 0 Å². The second-order valence-electron chi connectivity index (χ2n) is 1.44. The van der Waals surface area contributed by atoms with Crippen LogP contribution in [0.4, 0.5) is 0 Å². The van der Waals surface area contributed by atoms with Crippen LogP contribution >= 0.6 is 18.6 Å². The Balaban J connectivity index is 3.08. The molecule has 0 spiro atoms. The first-order valence-electron chi connectivity index (χ1n) is 2.27. The number of pyridine rings is 1. The van der Waals surface area contributed by atoms with Crippen molar-refractivity contribution in [3.8, 4) is 0 Å². The maximum absolute atomic E-state index is 10.6. The van der Waals surface area contributed by atoms with E-state index >= 15 is 0 Å². The summed E-state index contributed by atoms with van der Waals surface area (Å²) in [4.78, 5) is 13.2. The molecule has 1 heterocycles. The second kappa shape index (κ2) is 3.55. The molecular formula is C5H4I2NO-. The van der Waals surface area contributed by atoms with Crippen molar-refractivity contribution in [3.63, 3.8) is 0 Å². The first-order chi connectivity index (χ1) is 4.33. The first-order valence-corrected chi connectivity index (χ1v) is 9.64. The van der Waals surface area contributed by atoms with E-state index in [4.69, 9.17) is 0 Å². The van der Waals surface area contributed by atoms with Gasteiger partial charge in [-0.15, -0.1) is 0 Å². The molecule has 1 rings (SSSR count). The SMILES string of the molecule is O=c1cc([I-]I)cc[nH]1. The van der Waals surface area contributed by atoms with Gasteiger partial charge in [-0.3, -0.25) is 0 Å². The quantitative estimate of drug-likeness (QED) is 0.585. The molecule has 0 aliphatic heterocycles. The molecule has 4 heteroatoms. The van der Waals surface area contributed by atoms with Crippen LogP contribution in [0.5, 0.6) is 0 Å². The predicted molar refractivity (Wildman–Crippen MR) is 39.8 cm³/mol. The second-order valence-corrected chi connectivity index (χ2v) is 5.83. The van der Waals surface area contributed by atoms with Crippen molar-refractivity contribution in [2.24, 2.45) is 0 Å². The van der Waals surface area contributed by atoms with E-state index in [1.807, 2.05) is 6.07 Å². The van der Waals surface area contributed by atoms with Gasteiger partial charge in [0.05, 0.1) is 0 Å². The Morgan fingerprint density at radius 3 is 2.89 bits per heavy atom. The van der Waals surface area contributed by atoms with E-state index in [1.54, 1.807) is 12.3 Å². The van der Waals surface area contributed by atoms with Gasteiger partial charge in [0.1, 0.15) is 0 Å². The van der Waals surface area contributed by atoms with E-state index in [0.29, 0.717) is 0 Å². The van der Waals surface area contributed by atoms with Gasteiger partial charge >= 0.3 is 73.1 Å². The van der Waals surface area contributed by atoms with Crippen molar-refractivity contribution >= 4 is 18.6 Å². The van der Waals surface area contributed by atoms with Crippen LogP contribution in [0.3, 0.4) is 0 Å². The molecule has 0 atom stereocenters. The van der Waals surface area contributed by atoms with E-state index < -0.39 is 0 Å². The van der Waals surface area contributed by atoms with E-state index in [0.717, 1.165) is 0 Å². The van der Waals surface area contributed by atoms with Crippen LogP contribution < -0.4 is 22.8 Å². The van der Waals surface area contributed by atoms with Gasteiger partial charge < -0.3 is 0 Å².